The Bertz CT molecular complexity index is 843. The Kier molecular flexibility index (Phi) is 4.43. The van der Waals surface area contributed by atoms with Crippen LogP contribution in [0.25, 0.3) is 0 Å². The zero-order chi connectivity index (χ0) is 18.1. The molecule has 1 aliphatic heterocycles. The van der Waals surface area contributed by atoms with E-state index in [0.29, 0.717) is 23.6 Å². The van der Waals surface area contributed by atoms with E-state index < -0.39 is 0 Å². The molecule has 2 N–H and O–H groups in total. The lowest BCUT2D eigenvalue weighted by Gasteiger charge is -2.18. The largest absolute Gasteiger partial charge is 0.466 e. The fraction of sp³-hybridized carbons (Fsp3) is 0.412. The predicted molar refractivity (Wildman–Crippen MR) is 91.7 cm³/mol. The number of hydrogen-bond donors (Lipinski definition) is 2. The van der Waals surface area contributed by atoms with Crippen molar-refractivity contribution in [1.29, 1.82) is 0 Å². The van der Waals surface area contributed by atoms with E-state index >= 15 is 0 Å². The van der Waals surface area contributed by atoms with Crippen LogP contribution >= 0.6 is 0 Å². The van der Waals surface area contributed by atoms with Gasteiger partial charge in [-0.15, -0.1) is 0 Å². The van der Waals surface area contributed by atoms with Crippen LogP contribution in [0.15, 0.2) is 12.3 Å². The number of aromatic nitrogens is 3. The van der Waals surface area contributed by atoms with Gasteiger partial charge in [0.25, 0.3) is 11.8 Å². The molecule has 3 rings (SSSR count). The fourth-order valence-corrected chi connectivity index (χ4v) is 2.88. The summed E-state index contributed by atoms with van der Waals surface area (Å²) in [5, 5.41) is 10.0. The standard InChI is InChI=1S/C17H21N5O3/c1-9(5-13-10(2)21-22(4)11(13)3)19-16(24)12-6-14-17(18-7-12)25-8-15(23)20-14/h6-7,9H,5,8H2,1-4H3,(H,19,24)(H,20,23). The summed E-state index contributed by atoms with van der Waals surface area (Å²) in [5.74, 6) is -0.185. The third-order valence-electron chi connectivity index (χ3n) is 4.27. The number of amides is 2. The summed E-state index contributed by atoms with van der Waals surface area (Å²) < 4.78 is 7.04. The zero-order valence-electron chi connectivity index (χ0n) is 14.7. The van der Waals surface area contributed by atoms with Crippen molar-refractivity contribution in [3.8, 4) is 5.88 Å². The maximum Gasteiger partial charge on any atom is 0.262 e. The molecule has 0 bridgehead atoms. The second-order valence-electron chi connectivity index (χ2n) is 6.27. The Labute approximate surface area is 145 Å². The average molecular weight is 343 g/mol. The van der Waals surface area contributed by atoms with Crippen molar-refractivity contribution in [2.75, 3.05) is 11.9 Å². The lowest BCUT2D eigenvalue weighted by Crippen LogP contribution is -2.34. The van der Waals surface area contributed by atoms with Gasteiger partial charge in [0, 0.05) is 25.0 Å². The highest BCUT2D eigenvalue weighted by molar-refractivity contribution is 5.99. The summed E-state index contributed by atoms with van der Waals surface area (Å²) in [6.45, 7) is 5.86. The maximum atomic E-state index is 12.5. The van der Waals surface area contributed by atoms with Crippen LogP contribution in [0.2, 0.25) is 0 Å². The second-order valence-corrected chi connectivity index (χ2v) is 6.27. The maximum absolute atomic E-state index is 12.5. The number of anilines is 1. The number of pyridine rings is 1. The van der Waals surface area contributed by atoms with Crippen molar-refractivity contribution in [2.24, 2.45) is 7.05 Å². The molecule has 0 radical (unpaired) electrons. The summed E-state index contributed by atoms with van der Waals surface area (Å²) >= 11 is 0. The van der Waals surface area contributed by atoms with Crippen LogP contribution in [0.1, 0.15) is 34.2 Å². The number of carbonyl (C=O) groups excluding carboxylic acids is 2. The number of nitrogens with zero attached hydrogens (tertiary/aromatic N) is 3. The molecule has 0 fully saturated rings. The van der Waals surface area contributed by atoms with Crippen molar-refractivity contribution in [3.63, 3.8) is 0 Å². The second kappa shape index (κ2) is 6.54. The Balaban J connectivity index is 1.69. The first kappa shape index (κ1) is 16.9. The van der Waals surface area contributed by atoms with E-state index in [1.54, 1.807) is 6.07 Å². The normalized spacial score (nSPS) is 14.3. The molecule has 3 heterocycles. The molecular weight excluding hydrogens is 322 g/mol. The van der Waals surface area contributed by atoms with Crippen LogP contribution in [-0.4, -0.2) is 39.2 Å². The Hall–Kier alpha value is -2.90. The van der Waals surface area contributed by atoms with Crippen molar-refractivity contribution in [1.82, 2.24) is 20.1 Å². The van der Waals surface area contributed by atoms with Gasteiger partial charge < -0.3 is 15.4 Å². The number of nitrogens with one attached hydrogen (secondary N) is 2. The third kappa shape index (κ3) is 3.47. The molecule has 0 saturated carbocycles. The molecule has 0 aromatic carbocycles. The van der Waals surface area contributed by atoms with Crippen molar-refractivity contribution >= 4 is 17.5 Å². The van der Waals surface area contributed by atoms with Gasteiger partial charge in [-0.1, -0.05) is 0 Å². The van der Waals surface area contributed by atoms with Crippen molar-refractivity contribution in [2.45, 2.75) is 33.2 Å². The Morgan fingerprint density at radius 2 is 2.24 bits per heavy atom. The van der Waals surface area contributed by atoms with E-state index in [0.717, 1.165) is 17.0 Å². The van der Waals surface area contributed by atoms with E-state index in [1.807, 2.05) is 32.5 Å². The van der Waals surface area contributed by atoms with Crippen LogP contribution in [-0.2, 0) is 18.3 Å². The first-order chi connectivity index (χ1) is 11.8. The fourth-order valence-electron chi connectivity index (χ4n) is 2.88. The molecule has 2 aromatic rings. The minimum atomic E-state index is -0.261. The van der Waals surface area contributed by atoms with Gasteiger partial charge in [-0.25, -0.2) is 4.98 Å². The predicted octanol–water partition coefficient (Wildman–Crippen LogP) is 1.12. The number of hydrogen-bond acceptors (Lipinski definition) is 5. The van der Waals surface area contributed by atoms with E-state index in [2.05, 4.69) is 20.7 Å². The quantitative estimate of drug-likeness (QED) is 0.867. The number of ether oxygens (including phenoxy) is 1. The SMILES string of the molecule is Cc1nn(C)c(C)c1CC(C)NC(=O)c1cnc2c(c1)NC(=O)CO2. The topological polar surface area (TPSA) is 98.1 Å². The molecule has 8 heteroatoms. The molecule has 25 heavy (non-hydrogen) atoms. The summed E-state index contributed by atoms with van der Waals surface area (Å²) in [6, 6.07) is 1.50. The van der Waals surface area contributed by atoms with Gasteiger partial charge >= 0.3 is 0 Å². The summed E-state index contributed by atoms with van der Waals surface area (Å²) in [6.07, 6.45) is 2.13. The molecule has 0 saturated heterocycles. The summed E-state index contributed by atoms with van der Waals surface area (Å²) in [4.78, 5) is 27.9. The molecule has 2 aromatic heterocycles. The first-order valence-corrected chi connectivity index (χ1v) is 8.07. The third-order valence-corrected chi connectivity index (χ3v) is 4.27. The molecule has 0 spiro atoms. The van der Waals surface area contributed by atoms with E-state index in [9.17, 15) is 9.59 Å². The summed E-state index contributed by atoms with van der Waals surface area (Å²) in [7, 11) is 1.91. The smallest absolute Gasteiger partial charge is 0.262 e. The highest BCUT2D eigenvalue weighted by atomic mass is 16.5. The minimum absolute atomic E-state index is 0.0631. The lowest BCUT2D eigenvalue weighted by molar-refractivity contribution is -0.118. The van der Waals surface area contributed by atoms with Crippen molar-refractivity contribution < 1.29 is 14.3 Å². The highest BCUT2D eigenvalue weighted by Crippen LogP contribution is 2.25. The molecule has 1 aliphatic rings. The molecule has 1 atom stereocenters. The Morgan fingerprint density at radius 3 is 2.92 bits per heavy atom. The average Bonchev–Trinajstić information content (AvgIpc) is 2.80. The number of rotatable bonds is 4. The highest BCUT2D eigenvalue weighted by Gasteiger charge is 2.20. The van der Waals surface area contributed by atoms with Crippen LogP contribution in [0.4, 0.5) is 5.69 Å². The van der Waals surface area contributed by atoms with Crippen molar-refractivity contribution in [3.05, 3.63) is 34.8 Å². The monoisotopic (exact) mass is 343 g/mol. The number of aryl methyl sites for hydroxylation is 2. The van der Waals surface area contributed by atoms with Crippen LogP contribution in [0.3, 0.4) is 0 Å². The van der Waals surface area contributed by atoms with Gasteiger partial charge in [0.15, 0.2) is 6.61 Å². The number of carbonyl (C=O) groups is 2. The molecule has 1 unspecified atom stereocenters. The molecule has 0 aliphatic carbocycles. The molecular formula is C17H21N5O3. The summed E-state index contributed by atoms with van der Waals surface area (Å²) in [5.41, 5.74) is 3.98. The van der Waals surface area contributed by atoms with E-state index in [1.165, 1.54) is 6.20 Å². The minimum Gasteiger partial charge on any atom is -0.466 e. The van der Waals surface area contributed by atoms with E-state index in [4.69, 9.17) is 4.74 Å². The molecule has 8 nitrogen and oxygen atoms in total. The van der Waals surface area contributed by atoms with Gasteiger partial charge in [-0.3, -0.25) is 14.3 Å². The van der Waals surface area contributed by atoms with Crippen LogP contribution in [0.5, 0.6) is 5.88 Å². The van der Waals surface area contributed by atoms with E-state index in [-0.39, 0.29) is 24.5 Å². The van der Waals surface area contributed by atoms with Gasteiger partial charge in [0.2, 0.25) is 5.88 Å². The first-order valence-electron chi connectivity index (χ1n) is 8.07. The van der Waals surface area contributed by atoms with Gasteiger partial charge in [-0.2, -0.15) is 5.10 Å². The van der Waals surface area contributed by atoms with Gasteiger partial charge in [-0.05, 0) is 38.8 Å². The van der Waals surface area contributed by atoms with Gasteiger partial charge in [0.05, 0.1) is 11.3 Å². The molecule has 132 valence electrons. The zero-order valence-corrected chi connectivity index (χ0v) is 14.7. The lowest BCUT2D eigenvalue weighted by atomic mass is 10.0. The Morgan fingerprint density at radius 1 is 1.48 bits per heavy atom. The molecule has 2 amide bonds. The van der Waals surface area contributed by atoms with Crippen LogP contribution < -0.4 is 15.4 Å². The number of fused-ring (bicyclic) bond motifs is 1. The van der Waals surface area contributed by atoms with Crippen LogP contribution in [0, 0.1) is 13.8 Å². The van der Waals surface area contributed by atoms with Gasteiger partial charge in [0.1, 0.15) is 5.69 Å².